The first kappa shape index (κ1) is 13.2. The number of nitrogens with one attached hydrogen (secondary N) is 1. The molecule has 0 spiro atoms. The number of hydrogen-bond donors (Lipinski definition) is 1. The van der Waals surface area contributed by atoms with Crippen LogP contribution in [-0.2, 0) is 9.59 Å². The summed E-state index contributed by atoms with van der Waals surface area (Å²) in [5.74, 6) is -0.457. The fraction of sp³-hybridized carbons (Fsp3) is 0.467. The van der Waals surface area contributed by atoms with Crippen LogP contribution in [0.3, 0.4) is 0 Å². The van der Waals surface area contributed by atoms with Gasteiger partial charge in [0.05, 0.1) is 11.8 Å². The van der Waals surface area contributed by atoms with Gasteiger partial charge in [-0.3, -0.25) is 19.1 Å². The number of likely N-dealkylation sites (tertiary alicyclic amines) is 1. The van der Waals surface area contributed by atoms with Gasteiger partial charge in [0.1, 0.15) is 12.5 Å². The third kappa shape index (κ3) is 1.68. The van der Waals surface area contributed by atoms with Crippen molar-refractivity contribution in [2.45, 2.75) is 19.5 Å². The summed E-state index contributed by atoms with van der Waals surface area (Å²) in [7, 11) is 0. The van der Waals surface area contributed by atoms with Crippen LogP contribution in [0, 0.1) is 23.7 Å². The quantitative estimate of drug-likeness (QED) is 0.640. The molecule has 1 N–H and O–H groups in total. The number of allylic oxidation sites excluding steroid dienone is 2. The Morgan fingerprint density at radius 1 is 1.27 bits per heavy atom. The van der Waals surface area contributed by atoms with Crippen LogP contribution in [0.5, 0.6) is 0 Å². The fourth-order valence-corrected chi connectivity index (χ4v) is 4.00. The molecule has 114 valence electrons. The van der Waals surface area contributed by atoms with Gasteiger partial charge in [0.2, 0.25) is 11.8 Å². The minimum Gasteiger partial charge on any atom is -0.317 e. The molecule has 1 aromatic rings. The van der Waals surface area contributed by atoms with Crippen molar-refractivity contribution < 1.29 is 14.4 Å². The first-order valence-electron chi connectivity index (χ1n) is 7.42. The van der Waals surface area contributed by atoms with E-state index in [1.54, 1.807) is 6.92 Å². The Kier molecular flexibility index (Phi) is 2.72. The summed E-state index contributed by atoms with van der Waals surface area (Å²) in [6.45, 7) is 1.65. The fourth-order valence-electron chi connectivity index (χ4n) is 4.00. The maximum Gasteiger partial charge on any atom is 0.328 e. The average molecular weight is 300 g/mol. The SMILES string of the molecule is CC(NC(=O)n1ccnc1)N1C(=O)C2C3C=CC(C3)C2C1=O. The van der Waals surface area contributed by atoms with Crippen molar-refractivity contribution in [3.63, 3.8) is 0 Å². The van der Waals surface area contributed by atoms with Crippen LogP contribution in [0.15, 0.2) is 30.9 Å². The Morgan fingerprint density at radius 2 is 1.91 bits per heavy atom. The first-order valence-corrected chi connectivity index (χ1v) is 7.42. The third-order valence-corrected chi connectivity index (χ3v) is 4.96. The molecule has 1 saturated carbocycles. The molecule has 1 saturated heterocycles. The third-order valence-electron chi connectivity index (χ3n) is 4.96. The lowest BCUT2D eigenvalue weighted by molar-refractivity contribution is -0.143. The van der Waals surface area contributed by atoms with E-state index < -0.39 is 12.2 Å². The molecule has 2 aliphatic carbocycles. The van der Waals surface area contributed by atoms with Crippen molar-refractivity contribution in [1.29, 1.82) is 0 Å². The number of carbonyl (C=O) groups is 3. The maximum atomic E-state index is 12.6. The van der Waals surface area contributed by atoms with Crippen LogP contribution < -0.4 is 5.32 Å². The van der Waals surface area contributed by atoms with Crippen molar-refractivity contribution in [3.05, 3.63) is 30.9 Å². The molecule has 3 amide bonds. The smallest absolute Gasteiger partial charge is 0.317 e. The van der Waals surface area contributed by atoms with Gasteiger partial charge in [0.25, 0.3) is 0 Å². The van der Waals surface area contributed by atoms with E-state index in [2.05, 4.69) is 22.5 Å². The van der Waals surface area contributed by atoms with E-state index in [1.165, 1.54) is 28.2 Å². The second kappa shape index (κ2) is 4.53. The molecule has 0 radical (unpaired) electrons. The van der Waals surface area contributed by atoms with E-state index in [-0.39, 0.29) is 35.5 Å². The van der Waals surface area contributed by atoms with Gasteiger partial charge in [-0.2, -0.15) is 0 Å². The largest absolute Gasteiger partial charge is 0.328 e. The van der Waals surface area contributed by atoms with Crippen molar-refractivity contribution in [1.82, 2.24) is 19.8 Å². The molecule has 2 bridgehead atoms. The summed E-state index contributed by atoms with van der Waals surface area (Å²) in [6.07, 6.45) is 8.70. The lowest BCUT2D eigenvalue weighted by atomic mass is 9.85. The molecule has 22 heavy (non-hydrogen) atoms. The van der Waals surface area contributed by atoms with Gasteiger partial charge in [0.15, 0.2) is 0 Å². The van der Waals surface area contributed by atoms with Crippen LogP contribution in [-0.4, -0.2) is 38.5 Å². The highest BCUT2D eigenvalue weighted by atomic mass is 16.2. The second-order valence-electron chi connectivity index (χ2n) is 6.14. The van der Waals surface area contributed by atoms with E-state index in [1.807, 2.05) is 0 Å². The molecule has 7 nitrogen and oxygen atoms in total. The van der Waals surface area contributed by atoms with Crippen molar-refractivity contribution >= 4 is 17.8 Å². The highest BCUT2D eigenvalue weighted by Crippen LogP contribution is 2.52. The Morgan fingerprint density at radius 3 is 2.45 bits per heavy atom. The lowest BCUT2D eigenvalue weighted by Gasteiger charge is -2.25. The Hall–Kier alpha value is -2.44. The van der Waals surface area contributed by atoms with Gasteiger partial charge in [-0.05, 0) is 25.2 Å². The monoisotopic (exact) mass is 300 g/mol. The Balaban J connectivity index is 1.52. The minimum absolute atomic E-state index is 0.162. The predicted octanol–water partition coefficient (Wildman–Crippen LogP) is 0.594. The summed E-state index contributed by atoms with van der Waals surface area (Å²) in [6, 6.07) is -0.413. The van der Waals surface area contributed by atoms with E-state index >= 15 is 0 Å². The first-order chi connectivity index (χ1) is 10.6. The summed E-state index contributed by atoms with van der Waals surface area (Å²) in [5.41, 5.74) is 0. The number of hydrogen-bond acceptors (Lipinski definition) is 4. The predicted molar refractivity (Wildman–Crippen MR) is 75.2 cm³/mol. The number of carbonyl (C=O) groups excluding carboxylic acids is 3. The molecule has 2 heterocycles. The normalized spacial score (nSPS) is 33.4. The van der Waals surface area contributed by atoms with Crippen LogP contribution in [0.4, 0.5) is 4.79 Å². The van der Waals surface area contributed by atoms with Gasteiger partial charge < -0.3 is 5.32 Å². The van der Waals surface area contributed by atoms with Gasteiger partial charge in [0, 0.05) is 12.4 Å². The molecule has 3 aliphatic rings. The van der Waals surface area contributed by atoms with Gasteiger partial charge in [-0.25, -0.2) is 9.78 Å². The zero-order valence-electron chi connectivity index (χ0n) is 12.0. The van der Waals surface area contributed by atoms with E-state index in [4.69, 9.17) is 0 Å². The molecule has 0 aromatic carbocycles. The molecule has 1 aliphatic heterocycles. The highest BCUT2D eigenvalue weighted by Gasteiger charge is 2.60. The Bertz CT molecular complexity index is 651. The van der Waals surface area contributed by atoms with Crippen LogP contribution in [0.25, 0.3) is 0 Å². The van der Waals surface area contributed by atoms with E-state index in [9.17, 15) is 14.4 Å². The summed E-state index contributed by atoms with van der Waals surface area (Å²) < 4.78 is 1.27. The molecule has 5 unspecified atom stereocenters. The average Bonchev–Trinajstić information content (AvgIpc) is 3.23. The minimum atomic E-state index is -0.667. The lowest BCUT2D eigenvalue weighted by Crippen LogP contribution is -2.50. The molecular formula is C15H16N4O3. The molecule has 2 fully saturated rings. The van der Waals surface area contributed by atoms with Gasteiger partial charge in [-0.15, -0.1) is 0 Å². The number of fused-ring (bicyclic) bond motifs is 5. The highest BCUT2D eigenvalue weighted by molar-refractivity contribution is 6.06. The molecule has 1 aromatic heterocycles. The van der Waals surface area contributed by atoms with Gasteiger partial charge >= 0.3 is 6.03 Å². The Labute approximate surface area is 127 Å². The number of aromatic nitrogens is 2. The summed E-state index contributed by atoms with van der Waals surface area (Å²) in [4.78, 5) is 42.2. The summed E-state index contributed by atoms with van der Waals surface area (Å²) in [5, 5.41) is 2.67. The van der Waals surface area contributed by atoms with Crippen LogP contribution in [0.1, 0.15) is 13.3 Å². The zero-order valence-corrected chi connectivity index (χ0v) is 12.0. The molecule has 4 rings (SSSR count). The zero-order chi connectivity index (χ0) is 15.4. The van der Waals surface area contributed by atoms with Crippen molar-refractivity contribution in [3.8, 4) is 0 Å². The number of rotatable bonds is 2. The van der Waals surface area contributed by atoms with Crippen LogP contribution in [0.2, 0.25) is 0 Å². The topological polar surface area (TPSA) is 84.3 Å². The number of imide groups is 1. The second-order valence-corrected chi connectivity index (χ2v) is 6.14. The van der Waals surface area contributed by atoms with Crippen molar-refractivity contribution in [2.75, 3.05) is 0 Å². The molecule has 5 atom stereocenters. The number of nitrogens with zero attached hydrogens (tertiary/aromatic N) is 3. The maximum absolute atomic E-state index is 12.6. The van der Waals surface area contributed by atoms with Crippen LogP contribution >= 0.6 is 0 Å². The summed E-state index contributed by atoms with van der Waals surface area (Å²) >= 11 is 0. The molecular weight excluding hydrogens is 284 g/mol. The number of imidazole rings is 1. The van der Waals surface area contributed by atoms with Gasteiger partial charge in [-0.1, -0.05) is 12.2 Å². The number of amides is 3. The van der Waals surface area contributed by atoms with E-state index in [0.29, 0.717) is 0 Å². The van der Waals surface area contributed by atoms with E-state index in [0.717, 1.165) is 6.42 Å². The standard InChI is InChI=1S/C15H16N4O3/c1-8(17-15(22)18-5-4-16-7-18)19-13(20)11-9-2-3-10(6-9)12(11)14(19)21/h2-5,7-12H,6H2,1H3,(H,17,22). The van der Waals surface area contributed by atoms with Crippen molar-refractivity contribution in [2.24, 2.45) is 23.7 Å². The molecule has 7 heteroatoms.